The van der Waals surface area contributed by atoms with E-state index in [2.05, 4.69) is 17.5 Å². The van der Waals surface area contributed by atoms with E-state index in [1.54, 1.807) is 12.1 Å². The maximum atomic E-state index is 12.0. The Hall–Kier alpha value is -3.77. The number of carbonyl (C=O) groups excluding carboxylic acids is 1. The number of allylic oxidation sites excluding steroid dienone is 2. The zero-order valence-electron chi connectivity index (χ0n) is 15.4. The van der Waals surface area contributed by atoms with E-state index in [-0.39, 0.29) is 13.2 Å². The number of anilines is 2. The average molecular weight is 372 g/mol. The maximum absolute atomic E-state index is 12.0. The van der Waals surface area contributed by atoms with Gasteiger partial charge in [0.15, 0.2) is 0 Å². The minimum atomic E-state index is -0.532. The Bertz CT molecular complexity index is 937. The summed E-state index contributed by atoms with van der Waals surface area (Å²) in [6.45, 7) is 0.373. The summed E-state index contributed by atoms with van der Waals surface area (Å²) in [5.41, 5.74) is 3.97. The lowest BCUT2D eigenvalue weighted by molar-refractivity contribution is 0.155. The summed E-state index contributed by atoms with van der Waals surface area (Å²) in [6.07, 6.45) is 1.93. The molecule has 6 heteroatoms. The number of benzene rings is 2. The average Bonchev–Trinajstić information content (AvgIpc) is 3.20. The monoisotopic (exact) mass is 372 g/mol. The van der Waals surface area contributed by atoms with Crippen molar-refractivity contribution in [3.63, 3.8) is 0 Å². The highest BCUT2D eigenvalue weighted by Gasteiger charge is 2.21. The van der Waals surface area contributed by atoms with Crippen LogP contribution in [0.25, 0.3) is 0 Å². The second kappa shape index (κ2) is 9.25. The largest absolute Gasteiger partial charge is 0.444 e. The van der Waals surface area contributed by atoms with Gasteiger partial charge in [0.2, 0.25) is 0 Å². The van der Waals surface area contributed by atoms with Crippen molar-refractivity contribution in [2.24, 2.45) is 0 Å². The molecule has 140 valence electrons. The van der Waals surface area contributed by atoms with Gasteiger partial charge in [-0.2, -0.15) is 10.5 Å². The molecule has 0 aliphatic heterocycles. The highest BCUT2D eigenvalue weighted by Crippen LogP contribution is 2.32. The van der Waals surface area contributed by atoms with Gasteiger partial charge in [0, 0.05) is 22.6 Å². The van der Waals surface area contributed by atoms with Crippen molar-refractivity contribution in [2.45, 2.75) is 25.9 Å². The Labute approximate surface area is 164 Å². The van der Waals surface area contributed by atoms with E-state index >= 15 is 0 Å². The molecule has 0 saturated carbocycles. The summed E-state index contributed by atoms with van der Waals surface area (Å²) >= 11 is 0. The van der Waals surface area contributed by atoms with Crippen LogP contribution in [0.4, 0.5) is 16.2 Å². The van der Waals surface area contributed by atoms with E-state index in [1.807, 2.05) is 47.4 Å². The molecule has 0 bridgehead atoms. The molecule has 0 aromatic heterocycles. The number of amides is 1. The van der Waals surface area contributed by atoms with Crippen molar-refractivity contribution in [1.82, 2.24) is 0 Å². The summed E-state index contributed by atoms with van der Waals surface area (Å²) < 4.78 is 5.21. The Balaban J connectivity index is 1.64. The molecule has 0 heterocycles. The molecule has 0 unspecified atom stereocenters. The highest BCUT2D eigenvalue weighted by atomic mass is 16.5. The van der Waals surface area contributed by atoms with E-state index in [9.17, 15) is 15.3 Å². The van der Waals surface area contributed by atoms with Crippen molar-refractivity contribution in [3.8, 4) is 12.1 Å². The Morgan fingerprint density at radius 1 is 1.07 bits per heavy atom. The van der Waals surface area contributed by atoms with Crippen molar-refractivity contribution in [2.75, 3.05) is 16.8 Å². The lowest BCUT2D eigenvalue weighted by atomic mass is 10.2. The van der Waals surface area contributed by atoms with Crippen LogP contribution in [0.15, 0.2) is 65.9 Å². The van der Waals surface area contributed by atoms with Gasteiger partial charge in [0.25, 0.3) is 0 Å². The molecule has 0 saturated heterocycles. The van der Waals surface area contributed by atoms with E-state index in [4.69, 9.17) is 4.74 Å². The summed E-state index contributed by atoms with van der Waals surface area (Å²) in [5.74, 6) is 0. The minimum absolute atomic E-state index is 0.173. The Morgan fingerprint density at radius 2 is 1.82 bits per heavy atom. The summed E-state index contributed by atoms with van der Waals surface area (Å²) in [7, 11) is 0. The Kier molecular flexibility index (Phi) is 6.28. The first-order chi connectivity index (χ1) is 13.7. The zero-order chi connectivity index (χ0) is 19.8. The molecule has 6 nitrogen and oxygen atoms in total. The predicted octanol–water partition coefficient (Wildman–Crippen LogP) is 4.73. The molecule has 2 aromatic carbocycles. The molecular formula is C22H20N4O2. The van der Waals surface area contributed by atoms with Gasteiger partial charge >= 0.3 is 6.09 Å². The fraction of sp³-hybridized carbons (Fsp3) is 0.227. The molecule has 0 radical (unpaired) electrons. The first-order valence-corrected chi connectivity index (χ1v) is 9.05. The molecule has 1 N–H and O–H groups in total. The van der Waals surface area contributed by atoms with Gasteiger partial charge in [-0.15, -0.1) is 0 Å². The van der Waals surface area contributed by atoms with Gasteiger partial charge in [0.05, 0.1) is 12.1 Å². The second-order valence-corrected chi connectivity index (χ2v) is 6.37. The van der Waals surface area contributed by atoms with E-state index < -0.39 is 6.09 Å². The quantitative estimate of drug-likeness (QED) is 0.741. The van der Waals surface area contributed by atoms with E-state index in [0.29, 0.717) is 5.69 Å². The molecular weight excluding hydrogens is 352 g/mol. The maximum Gasteiger partial charge on any atom is 0.411 e. The Morgan fingerprint density at radius 3 is 2.50 bits per heavy atom. The SMILES string of the molecule is N#CCN(C1=C(C#N)CCC1)c1ccc(NC(=O)OCc2ccccc2)cc1. The molecule has 28 heavy (non-hydrogen) atoms. The van der Waals surface area contributed by atoms with Crippen LogP contribution in [-0.4, -0.2) is 12.6 Å². The number of nitriles is 2. The van der Waals surface area contributed by atoms with E-state index in [1.165, 1.54) is 0 Å². The van der Waals surface area contributed by atoms with Gasteiger partial charge in [-0.1, -0.05) is 30.3 Å². The van der Waals surface area contributed by atoms with Crippen LogP contribution in [-0.2, 0) is 11.3 Å². The van der Waals surface area contributed by atoms with Crippen molar-refractivity contribution >= 4 is 17.5 Å². The van der Waals surface area contributed by atoms with Crippen LogP contribution in [0, 0.1) is 22.7 Å². The van der Waals surface area contributed by atoms with Crippen LogP contribution < -0.4 is 10.2 Å². The molecule has 1 aliphatic carbocycles. The van der Waals surface area contributed by atoms with Gasteiger partial charge in [-0.05, 0) is 49.1 Å². The number of ether oxygens (including phenoxy) is 1. The van der Waals surface area contributed by atoms with Gasteiger partial charge in [-0.3, -0.25) is 5.32 Å². The molecule has 0 atom stereocenters. The third-order valence-corrected chi connectivity index (χ3v) is 4.52. The van der Waals surface area contributed by atoms with Crippen molar-refractivity contribution in [3.05, 3.63) is 71.4 Å². The zero-order valence-corrected chi connectivity index (χ0v) is 15.4. The summed E-state index contributed by atoms with van der Waals surface area (Å²) in [5, 5.41) is 21.2. The van der Waals surface area contributed by atoms with Crippen molar-refractivity contribution in [1.29, 1.82) is 10.5 Å². The molecule has 1 amide bonds. The number of carbonyl (C=O) groups is 1. The van der Waals surface area contributed by atoms with Crippen LogP contribution in [0.5, 0.6) is 0 Å². The number of nitrogens with one attached hydrogen (secondary N) is 1. The van der Waals surface area contributed by atoms with Gasteiger partial charge < -0.3 is 9.64 Å². The standard InChI is InChI=1S/C22H20N4O2/c23-13-14-26(21-8-4-7-18(21)15-24)20-11-9-19(10-12-20)25-22(27)28-16-17-5-2-1-3-6-17/h1-3,5-6,9-12H,4,7-8,14,16H2,(H,25,27). The fourth-order valence-electron chi connectivity index (χ4n) is 3.16. The highest BCUT2D eigenvalue weighted by molar-refractivity contribution is 5.85. The first-order valence-electron chi connectivity index (χ1n) is 9.05. The van der Waals surface area contributed by atoms with Crippen LogP contribution in [0.2, 0.25) is 0 Å². The minimum Gasteiger partial charge on any atom is -0.444 e. The number of nitrogens with zero attached hydrogens (tertiary/aromatic N) is 3. The van der Waals surface area contributed by atoms with Crippen LogP contribution in [0.3, 0.4) is 0 Å². The van der Waals surface area contributed by atoms with Crippen LogP contribution >= 0.6 is 0 Å². The topological polar surface area (TPSA) is 89.2 Å². The van der Waals surface area contributed by atoms with Crippen LogP contribution in [0.1, 0.15) is 24.8 Å². The van der Waals surface area contributed by atoms with E-state index in [0.717, 1.165) is 41.8 Å². The van der Waals surface area contributed by atoms with Crippen molar-refractivity contribution < 1.29 is 9.53 Å². The van der Waals surface area contributed by atoms with Gasteiger partial charge in [0.1, 0.15) is 13.2 Å². The predicted molar refractivity (Wildman–Crippen MR) is 106 cm³/mol. The summed E-state index contributed by atoms with van der Waals surface area (Å²) in [6, 6.07) is 21.0. The summed E-state index contributed by atoms with van der Waals surface area (Å²) in [4.78, 5) is 13.8. The molecule has 2 aromatic rings. The molecule has 0 fully saturated rings. The first kappa shape index (κ1) is 19.0. The van der Waals surface area contributed by atoms with Gasteiger partial charge in [-0.25, -0.2) is 4.79 Å². The second-order valence-electron chi connectivity index (χ2n) is 6.37. The molecule has 0 spiro atoms. The third-order valence-electron chi connectivity index (χ3n) is 4.52. The number of hydrogen-bond acceptors (Lipinski definition) is 5. The lowest BCUT2D eigenvalue weighted by Crippen LogP contribution is -2.22. The molecule has 3 rings (SSSR count). The normalized spacial score (nSPS) is 12.8. The fourth-order valence-corrected chi connectivity index (χ4v) is 3.16. The number of rotatable bonds is 6. The number of hydrogen-bond donors (Lipinski definition) is 1. The molecule has 1 aliphatic rings. The lowest BCUT2D eigenvalue weighted by Gasteiger charge is -2.24. The third kappa shape index (κ3) is 4.69. The smallest absolute Gasteiger partial charge is 0.411 e.